The van der Waals surface area contributed by atoms with Crippen molar-refractivity contribution in [1.29, 1.82) is 0 Å². The molecule has 0 saturated carbocycles. The molecule has 2 aromatic rings. The van der Waals surface area contributed by atoms with E-state index in [9.17, 15) is 4.79 Å². The van der Waals surface area contributed by atoms with Crippen molar-refractivity contribution in [1.82, 2.24) is 20.8 Å². The van der Waals surface area contributed by atoms with Crippen LogP contribution >= 0.6 is 12.4 Å². The van der Waals surface area contributed by atoms with Crippen LogP contribution in [0.25, 0.3) is 0 Å². The maximum atomic E-state index is 12.0. The van der Waals surface area contributed by atoms with Crippen LogP contribution in [-0.4, -0.2) is 28.6 Å². The second-order valence-corrected chi connectivity index (χ2v) is 6.00. The third kappa shape index (κ3) is 5.04. The molecule has 1 aromatic carbocycles. The number of nitrogens with one attached hydrogen (secondary N) is 2. The summed E-state index contributed by atoms with van der Waals surface area (Å²) in [6, 6.07) is 10.00. The number of amides is 1. The van der Waals surface area contributed by atoms with Crippen molar-refractivity contribution >= 4 is 18.3 Å². The highest BCUT2D eigenvalue weighted by atomic mass is 35.5. The quantitative estimate of drug-likeness (QED) is 0.836. The summed E-state index contributed by atoms with van der Waals surface area (Å²) in [7, 11) is 0. The van der Waals surface area contributed by atoms with Gasteiger partial charge in [-0.05, 0) is 31.9 Å². The standard InChI is InChI=1S/C17H22N4O2.ClH/c1-12(19-16(22)11-14-8-5-9-18-14)17-20-15(21-23-17)10-13-6-3-2-4-7-13;/h2-4,6-7,12,14,18H,5,8-11H2,1H3,(H,19,22);1H. The first-order valence-electron chi connectivity index (χ1n) is 8.10. The molecule has 130 valence electrons. The monoisotopic (exact) mass is 350 g/mol. The molecule has 0 radical (unpaired) electrons. The molecule has 1 amide bonds. The van der Waals surface area contributed by atoms with Gasteiger partial charge >= 0.3 is 0 Å². The molecule has 1 saturated heterocycles. The van der Waals surface area contributed by atoms with Crippen LogP contribution in [0.2, 0.25) is 0 Å². The van der Waals surface area contributed by atoms with Crippen LogP contribution in [-0.2, 0) is 11.2 Å². The molecule has 24 heavy (non-hydrogen) atoms. The van der Waals surface area contributed by atoms with Crippen molar-refractivity contribution in [2.24, 2.45) is 0 Å². The van der Waals surface area contributed by atoms with E-state index in [1.807, 2.05) is 37.3 Å². The first-order valence-corrected chi connectivity index (χ1v) is 8.10. The minimum Gasteiger partial charge on any atom is -0.345 e. The van der Waals surface area contributed by atoms with Gasteiger partial charge in [-0.3, -0.25) is 4.79 Å². The Bertz CT molecular complexity index is 641. The van der Waals surface area contributed by atoms with Gasteiger partial charge in [0.1, 0.15) is 6.04 Å². The van der Waals surface area contributed by atoms with Crippen LogP contribution in [0.5, 0.6) is 0 Å². The van der Waals surface area contributed by atoms with E-state index in [4.69, 9.17) is 4.52 Å². The predicted molar refractivity (Wildman–Crippen MR) is 93.0 cm³/mol. The van der Waals surface area contributed by atoms with Crippen LogP contribution in [0, 0.1) is 0 Å². The summed E-state index contributed by atoms with van der Waals surface area (Å²) in [6.45, 7) is 2.86. The number of hydrogen-bond acceptors (Lipinski definition) is 5. The van der Waals surface area contributed by atoms with Crippen LogP contribution in [0.4, 0.5) is 0 Å². The largest absolute Gasteiger partial charge is 0.345 e. The van der Waals surface area contributed by atoms with Crippen LogP contribution < -0.4 is 10.6 Å². The van der Waals surface area contributed by atoms with Crippen molar-refractivity contribution in [2.45, 2.75) is 44.7 Å². The third-order valence-electron chi connectivity index (χ3n) is 4.03. The molecule has 1 aromatic heterocycles. The molecule has 3 rings (SSSR count). The van der Waals surface area contributed by atoms with Gasteiger partial charge in [-0.1, -0.05) is 35.5 Å². The Morgan fingerprint density at radius 1 is 1.42 bits per heavy atom. The van der Waals surface area contributed by atoms with E-state index in [0.717, 1.165) is 24.9 Å². The summed E-state index contributed by atoms with van der Waals surface area (Å²) in [5, 5.41) is 10.2. The van der Waals surface area contributed by atoms with E-state index in [1.165, 1.54) is 0 Å². The molecular weight excluding hydrogens is 328 g/mol. The van der Waals surface area contributed by atoms with E-state index in [-0.39, 0.29) is 24.4 Å². The predicted octanol–water partition coefficient (Wildman–Crippen LogP) is 2.40. The van der Waals surface area contributed by atoms with Gasteiger partial charge in [0.05, 0.1) is 0 Å². The lowest BCUT2D eigenvalue weighted by Gasteiger charge is -2.13. The fourth-order valence-corrected chi connectivity index (χ4v) is 2.81. The Labute approximate surface area is 147 Å². The van der Waals surface area contributed by atoms with Crippen molar-refractivity contribution < 1.29 is 9.32 Å². The normalized spacial score (nSPS) is 18.0. The number of carbonyl (C=O) groups is 1. The van der Waals surface area contributed by atoms with E-state index in [0.29, 0.717) is 30.6 Å². The number of rotatable bonds is 6. The van der Waals surface area contributed by atoms with Crippen molar-refractivity contribution in [3.05, 3.63) is 47.6 Å². The fraction of sp³-hybridized carbons (Fsp3) is 0.471. The first kappa shape index (κ1) is 18.4. The van der Waals surface area contributed by atoms with Gasteiger partial charge in [-0.25, -0.2) is 0 Å². The maximum Gasteiger partial charge on any atom is 0.248 e. The number of aromatic nitrogens is 2. The van der Waals surface area contributed by atoms with Gasteiger partial charge in [-0.2, -0.15) is 4.98 Å². The summed E-state index contributed by atoms with van der Waals surface area (Å²) in [5.74, 6) is 1.09. The van der Waals surface area contributed by atoms with Gasteiger partial charge in [0.2, 0.25) is 11.8 Å². The van der Waals surface area contributed by atoms with Crippen LogP contribution in [0.1, 0.15) is 49.5 Å². The molecule has 2 heterocycles. The van der Waals surface area contributed by atoms with E-state index >= 15 is 0 Å². The molecule has 0 spiro atoms. The molecule has 6 nitrogen and oxygen atoms in total. The van der Waals surface area contributed by atoms with Gasteiger partial charge in [0.25, 0.3) is 0 Å². The molecule has 7 heteroatoms. The number of halogens is 1. The Morgan fingerprint density at radius 3 is 2.92 bits per heavy atom. The Kier molecular flexibility index (Phi) is 6.75. The average Bonchev–Trinajstić information content (AvgIpc) is 3.20. The highest BCUT2D eigenvalue weighted by molar-refractivity contribution is 5.85. The lowest BCUT2D eigenvalue weighted by Crippen LogP contribution is -2.33. The average molecular weight is 351 g/mol. The zero-order chi connectivity index (χ0) is 16.1. The number of carbonyl (C=O) groups excluding carboxylic acids is 1. The SMILES string of the molecule is CC(NC(=O)CC1CCCN1)c1nc(Cc2ccccc2)no1.Cl. The third-order valence-corrected chi connectivity index (χ3v) is 4.03. The molecule has 2 unspecified atom stereocenters. The van der Waals surface area contributed by atoms with E-state index in [1.54, 1.807) is 0 Å². The van der Waals surface area contributed by atoms with Crippen LogP contribution in [0.3, 0.4) is 0 Å². The minimum absolute atomic E-state index is 0. The number of benzene rings is 1. The Morgan fingerprint density at radius 2 is 2.21 bits per heavy atom. The highest BCUT2D eigenvalue weighted by Crippen LogP contribution is 2.14. The van der Waals surface area contributed by atoms with E-state index in [2.05, 4.69) is 20.8 Å². The van der Waals surface area contributed by atoms with E-state index < -0.39 is 0 Å². The lowest BCUT2D eigenvalue weighted by molar-refractivity contribution is -0.122. The van der Waals surface area contributed by atoms with Gasteiger partial charge in [0.15, 0.2) is 5.82 Å². The fourth-order valence-electron chi connectivity index (χ4n) is 2.81. The Balaban J connectivity index is 0.00000208. The summed E-state index contributed by atoms with van der Waals surface area (Å²) < 4.78 is 5.28. The molecule has 1 aliphatic rings. The van der Waals surface area contributed by atoms with Gasteiger partial charge < -0.3 is 15.2 Å². The molecule has 2 atom stereocenters. The summed E-state index contributed by atoms with van der Waals surface area (Å²) >= 11 is 0. The summed E-state index contributed by atoms with van der Waals surface area (Å²) in [5.41, 5.74) is 1.13. The summed E-state index contributed by atoms with van der Waals surface area (Å²) in [6.07, 6.45) is 3.32. The van der Waals surface area contributed by atoms with Crippen molar-refractivity contribution in [3.63, 3.8) is 0 Å². The first-order chi connectivity index (χ1) is 11.2. The minimum atomic E-state index is -0.277. The topological polar surface area (TPSA) is 80.0 Å². The van der Waals surface area contributed by atoms with Gasteiger partial charge in [0, 0.05) is 18.9 Å². The van der Waals surface area contributed by atoms with Crippen molar-refractivity contribution in [2.75, 3.05) is 6.54 Å². The molecular formula is C17H23ClN4O2. The number of nitrogens with zero attached hydrogens (tertiary/aromatic N) is 2. The van der Waals surface area contributed by atoms with Crippen molar-refractivity contribution in [3.8, 4) is 0 Å². The second-order valence-electron chi connectivity index (χ2n) is 6.00. The lowest BCUT2D eigenvalue weighted by atomic mass is 10.1. The van der Waals surface area contributed by atoms with Crippen LogP contribution in [0.15, 0.2) is 34.9 Å². The molecule has 0 aliphatic carbocycles. The zero-order valence-corrected chi connectivity index (χ0v) is 14.5. The van der Waals surface area contributed by atoms with Gasteiger partial charge in [-0.15, -0.1) is 12.4 Å². The molecule has 1 aliphatic heterocycles. The maximum absolute atomic E-state index is 12.0. The summed E-state index contributed by atoms with van der Waals surface area (Å²) in [4.78, 5) is 16.4. The Hall–Kier alpha value is -1.92. The smallest absolute Gasteiger partial charge is 0.248 e. The highest BCUT2D eigenvalue weighted by Gasteiger charge is 2.21. The molecule has 0 bridgehead atoms. The molecule has 2 N–H and O–H groups in total. The molecule has 1 fully saturated rings. The zero-order valence-electron chi connectivity index (χ0n) is 13.7. The second kappa shape index (κ2) is 8.80. The number of hydrogen-bond donors (Lipinski definition) is 2.